The first-order valence-electron chi connectivity index (χ1n) is 10.8. The Balaban J connectivity index is 1.68. The summed E-state index contributed by atoms with van der Waals surface area (Å²) in [4.78, 5) is 24.8. The zero-order valence-corrected chi connectivity index (χ0v) is 19.4. The van der Waals surface area contributed by atoms with Crippen LogP contribution in [0.1, 0.15) is 12.5 Å². The number of nitrogens with zero attached hydrogens (tertiary/aromatic N) is 1. The fraction of sp³-hybridized carbons (Fsp3) is 0.148. The predicted molar refractivity (Wildman–Crippen MR) is 133 cm³/mol. The lowest BCUT2D eigenvalue weighted by Crippen LogP contribution is -2.20. The molecule has 0 aliphatic heterocycles. The van der Waals surface area contributed by atoms with E-state index >= 15 is 0 Å². The number of para-hydroxylation sites is 1. The SMILES string of the molecule is CCOc1cc(C=C(C#N)C(=O)Nc2ccccc2)ccc1OCC(=O)Nc1ccc(OC)cc1. The summed E-state index contributed by atoms with van der Waals surface area (Å²) in [7, 11) is 1.57. The third kappa shape index (κ3) is 7.37. The molecule has 0 saturated heterocycles. The van der Waals surface area contributed by atoms with Gasteiger partial charge in [0.05, 0.1) is 13.7 Å². The number of carbonyl (C=O) groups is 2. The fourth-order valence-electron chi connectivity index (χ4n) is 3.05. The molecule has 2 amide bonds. The maximum atomic E-state index is 12.5. The highest BCUT2D eigenvalue weighted by Gasteiger charge is 2.13. The molecule has 0 atom stereocenters. The molecule has 0 bridgehead atoms. The van der Waals surface area contributed by atoms with Crippen molar-refractivity contribution < 1.29 is 23.8 Å². The Morgan fingerprint density at radius 2 is 1.63 bits per heavy atom. The molecular formula is C27H25N3O5. The summed E-state index contributed by atoms with van der Waals surface area (Å²) in [6.07, 6.45) is 1.46. The number of ether oxygens (including phenoxy) is 3. The number of methoxy groups -OCH3 is 1. The van der Waals surface area contributed by atoms with E-state index in [0.717, 1.165) is 0 Å². The van der Waals surface area contributed by atoms with Gasteiger partial charge in [-0.15, -0.1) is 0 Å². The first-order chi connectivity index (χ1) is 17.0. The van der Waals surface area contributed by atoms with Gasteiger partial charge >= 0.3 is 0 Å². The smallest absolute Gasteiger partial charge is 0.266 e. The van der Waals surface area contributed by atoms with Crippen LogP contribution in [0.15, 0.2) is 78.4 Å². The Bertz CT molecular complexity index is 1230. The molecule has 0 saturated carbocycles. The van der Waals surface area contributed by atoms with Crippen molar-refractivity contribution in [2.24, 2.45) is 0 Å². The second kappa shape index (κ2) is 12.5. The van der Waals surface area contributed by atoms with Gasteiger partial charge in [0, 0.05) is 11.4 Å². The van der Waals surface area contributed by atoms with E-state index in [9.17, 15) is 14.9 Å². The van der Waals surface area contributed by atoms with Crippen LogP contribution in [0.25, 0.3) is 6.08 Å². The third-order valence-corrected chi connectivity index (χ3v) is 4.71. The molecular weight excluding hydrogens is 446 g/mol. The molecule has 2 N–H and O–H groups in total. The Labute approximate surface area is 203 Å². The van der Waals surface area contributed by atoms with Gasteiger partial charge in [-0.1, -0.05) is 24.3 Å². The zero-order valence-electron chi connectivity index (χ0n) is 19.4. The van der Waals surface area contributed by atoms with Gasteiger partial charge in [0.1, 0.15) is 17.4 Å². The van der Waals surface area contributed by atoms with E-state index in [1.807, 2.05) is 19.1 Å². The molecule has 3 rings (SSSR count). The van der Waals surface area contributed by atoms with Crippen LogP contribution in [-0.2, 0) is 9.59 Å². The van der Waals surface area contributed by atoms with Crippen LogP contribution in [0.5, 0.6) is 17.2 Å². The van der Waals surface area contributed by atoms with Crippen LogP contribution in [0.4, 0.5) is 11.4 Å². The number of amides is 2. The maximum Gasteiger partial charge on any atom is 0.266 e. The third-order valence-electron chi connectivity index (χ3n) is 4.71. The maximum absolute atomic E-state index is 12.5. The van der Waals surface area contributed by atoms with Crippen LogP contribution >= 0.6 is 0 Å². The van der Waals surface area contributed by atoms with Crippen LogP contribution < -0.4 is 24.8 Å². The highest BCUT2D eigenvalue weighted by molar-refractivity contribution is 6.09. The lowest BCUT2D eigenvalue weighted by molar-refractivity contribution is -0.118. The number of rotatable bonds is 10. The summed E-state index contributed by atoms with van der Waals surface area (Å²) >= 11 is 0. The van der Waals surface area contributed by atoms with Gasteiger partial charge in [0.2, 0.25) is 0 Å². The zero-order chi connectivity index (χ0) is 25.0. The molecule has 3 aromatic rings. The van der Waals surface area contributed by atoms with Gasteiger partial charge < -0.3 is 24.8 Å². The molecule has 178 valence electrons. The van der Waals surface area contributed by atoms with Gasteiger partial charge in [-0.3, -0.25) is 9.59 Å². The molecule has 8 nitrogen and oxygen atoms in total. The van der Waals surface area contributed by atoms with Crippen LogP contribution in [0.3, 0.4) is 0 Å². The van der Waals surface area contributed by atoms with Gasteiger partial charge in [0.25, 0.3) is 11.8 Å². The van der Waals surface area contributed by atoms with Crippen LogP contribution in [0, 0.1) is 11.3 Å². The van der Waals surface area contributed by atoms with Crippen molar-refractivity contribution in [3.63, 3.8) is 0 Å². The largest absolute Gasteiger partial charge is 0.497 e. The van der Waals surface area contributed by atoms with Crippen molar-refractivity contribution in [2.45, 2.75) is 6.92 Å². The van der Waals surface area contributed by atoms with E-state index in [0.29, 0.717) is 40.8 Å². The lowest BCUT2D eigenvalue weighted by Gasteiger charge is -2.13. The Morgan fingerprint density at radius 3 is 2.29 bits per heavy atom. The highest BCUT2D eigenvalue weighted by Crippen LogP contribution is 2.29. The highest BCUT2D eigenvalue weighted by atomic mass is 16.5. The van der Waals surface area contributed by atoms with E-state index in [2.05, 4.69) is 10.6 Å². The molecule has 8 heteroatoms. The number of nitriles is 1. The summed E-state index contributed by atoms with van der Waals surface area (Å²) in [6, 6.07) is 22.7. The molecule has 0 unspecified atom stereocenters. The van der Waals surface area contributed by atoms with Crippen molar-refractivity contribution in [2.75, 3.05) is 31.0 Å². The normalized spacial score (nSPS) is 10.6. The average Bonchev–Trinajstić information content (AvgIpc) is 2.88. The van der Waals surface area contributed by atoms with Crippen molar-refractivity contribution in [3.8, 4) is 23.3 Å². The van der Waals surface area contributed by atoms with E-state index in [4.69, 9.17) is 14.2 Å². The number of nitrogens with one attached hydrogen (secondary N) is 2. The summed E-state index contributed by atoms with van der Waals surface area (Å²) in [5, 5.41) is 14.9. The number of anilines is 2. The molecule has 0 aliphatic rings. The first-order valence-corrected chi connectivity index (χ1v) is 10.8. The molecule has 35 heavy (non-hydrogen) atoms. The molecule has 0 fully saturated rings. The second-order valence-corrected chi connectivity index (χ2v) is 7.19. The number of benzene rings is 3. The average molecular weight is 472 g/mol. The molecule has 0 aliphatic carbocycles. The van der Waals surface area contributed by atoms with Gasteiger partial charge in [0.15, 0.2) is 18.1 Å². The van der Waals surface area contributed by atoms with Crippen LogP contribution in [0.2, 0.25) is 0 Å². The molecule has 0 heterocycles. The second-order valence-electron chi connectivity index (χ2n) is 7.19. The summed E-state index contributed by atoms with van der Waals surface area (Å²) in [5.74, 6) is 0.574. The number of carbonyl (C=O) groups excluding carboxylic acids is 2. The number of hydrogen-bond donors (Lipinski definition) is 2. The minimum atomic E-state index is -0.521. The molecule has 0 aromatic heterocycles. The summed E-state index contributed by atoms with van der Waals surface area (Å²) in [5.41, 5.74) is 1.71. The fourth-order valence-corrected chi connectivity index (χ4v) is 3.05. The van der Waals surface area contributed by atoms with E-state index in [1.54, 1.807) is 73.8 Å². The predicted octanol–water partition coefficient (Wildman–Crippen LogP) is 4.66. The minimum Gasteiger partial charge on any atom is -0.497 e. The number of hydrogen-bond acceptors (Lipinski definition) is 6. The Hall–Kier alpha value is -4.77. The van der Waals surface area contributed by atoms with E-state index < -0.39 is 5.91 Å². The Kier molecular flexibility index (Phi) is 8.85. The van der Waals surface area contributed by atoms with Gasteiger partial charge in [-0.2, -0.15) is 5.26 Å². The quantitative estimate of drug-likeness (QED) is 0.329. The van der Waals surface area contributed by atoms with E-state index in [1.165, 1.54) is 6.08 Å². The molecule has 3 aromatic carbocycles. The standard InChI is InChI=1S/C27H25N3O5/c1-3-34-25-16-19(15-20(17-28)27(32)30-21-7-5-4-6-8-21)9-14-24(25)35-18-26(31)29-22-10-12-23(33-2)13-11-22/h4-16H,3,18H2,1-2H3,(H,29,31)(H,30,32). The van der Waals surface area contributed by atoms with Crippen LogP contribution in [-0.4, -0.2) is 32.1 Å². The van der Waals surface area contributed by atoms with Crippen molar-refractivity contribution in [3.05, 3.63) is 83.9 Å². The Morgan fingerprint density at radius 1 is 0.914 bits per heavy atom. The first kappa shape index (κ1) is 24.9. The molecule has 0 radical (unpaired) electrons. The lowest BCUT2D eigenvalue weighted by atomic mass is 10.1. The summed E-state index contributed by atoms with van der Waals surface area (Å²) < 4.78 is 16.4. The minimum absolute atomic E-state index is 0.0659. The topological polar surface area (TPSA) is 110 Å². The van der Waals surface area contributed by atoms with E-state index in [-0.39, 0.29) is 18.1 Å². The molecule has 0 spiro atoms. The van der Waals surface area contributed by atoms with Crippen molar-refractivity contribution in [1.29, 1.82) is 5.26 Å². The monoisotopic (exact) mass is 471 g/mol. The van der Waals surface area contributed by atoms with Gasteiger partial charge in [-0.05, 0) is 67.1 Å². The summed E-state index contributed by atoms with van der Waals surface area (Å²) in [6.45, 7) is 1.95. The van der Waals surface area contributed by atoms with Crippen molar-refractivity contribution in [1.82, 2.24) is 0 Å². The van der Waals surface area contributed by atoms with Crippen molar-refractivity contribution >= 4 is 29.3 Å². The van der Waals surface area contributed by atoms with Gasteiger partial charge in [-0.25, -0.2) is 0 Å².